The van der Waals surface area contributed by atoms with E-state index in [9.17, 15) is 19.2 Å². The monoisotopic (exact) mass is 304 g/mol. The van der Waals surface area contributed by atoms with Crippen molar-refractivity contribution in [2.45, 2.75) is 25.3 Å². The van der Waals surface area contributed by atoms with Gasteiger partial charge >= 0.3 is 6.03 Å². The number of hydrazine groups is 1. The van der Waals surface area contributed by atoms with Gasteiger partial charge in [-0.05, 0) is 12.0 Å². The number of benzene rings is 1. The van der Waals surface area contributed by atoms with E-state index in [1.165, 1.54) is 0 Å². The van der Waals surface area contributed by atoms with Gasteiger partial charge in [-0.25, -0.2) is 4.79 Å². The molecule has 2 rings (SSSR count). The molecule has 1 fully saturated rings. The highest BCUT2D eigenvalue weighted by Gasteiger charge is 2.29. The Labute approximate surface area is 126 Å². The third-order valence-electron chi connectivity index (χ3n) is 3.07. The minimum absolute atomic E-state index is 0.00395. The van der Waals surface area contributed by atoms with Crippen molar-refractivity contribution in [1.29, 1.82) is 0 Å². The molecule has 116 valence electrons. The minimum Gasteiger partial charge on any atom is -0.326 e. The smallest absolute Gasteiger partial charge is 0.322 e. The Bertz CT molecular complexity index is 588. The Balaban J connectivity index is 1.66. The van der Waals surface area contributed by atoms with Crippen LogP contribution in [0.3, 0.4) is 0 Å². The predicted molar refractivity (Wildman–Crippen MR) is 76.1 cm³/mol. The largest absolute Gasteiger partial charge is 0.326 e. The molecule has 1 aliphatic heterocycles. The van der Waals surface area contributed by atoms with Crippen LogP contribution in [-0.4, -0.2) is 29.8 Å². The highest BCUT2D eigenvalue weighted by molar-refractivity contribution is 6.04. The molecule has 8 nitrogen and oxygen atoms in total. The summed E-state index contributed by atoms with van der Waals surface area (Å²) in [5.41, 5.74) is 5.40. The van der Waals surface area contributed by atoms with Gasteiger partial charge in [-0.1, -0.05) is 30.3 Å². The summed E-state index contributed by atoms with van der Waals surface area (Å²) >= 11 is 0. The van der Waals surface area contributed by atoms with E-state index in [-0.39, 0.29) is 25.2 Å². The Morgan fingerprint density at radius 3 is 2.36 bits per heavy atom. The quantitative estimate of drug-likeness (QED) is 0.428. The van der Waals surface area contributed by atoms with E-state index in [2.05, 4.69) is 21.5 Å². The first-order valence-corrected chi connectivity index (χ1v) is 6.77. The lowest BCUT2D eigenvalue weighted by molar-refractivity contribution is -0.129. The zero-order valence-corrected chi connectivity index (χ0v) is 11.7. The second-order valence-electron chi connectivity index (χ2n) is 4.81. The molecule has 1 atom stereocenters. The second-order valence-corrected chi connectivity index (χ2v) is 4.81. The van der Waals surface area contributed by atoms with Crippen LogP contribution in [0.25, 0.3) is 0 Å². The van der Waals surface area contributed by atoms with E-state index in [0.29, 0.717) is 0 Å². The number of hydrogen-bond acceptors (Lipinski definition) is 4. The molecule has 0 saturated carbocycles. The molecule has 8 heteroatoms. The van der Waals surface area contributed by atoms with Crippen molar-refractivity contribution in [3.05, 3.63) is 35.9 Å². The van der Waals surface area contributed by atoms with E-state index in [1.54, 1.807) is 0 Å². The van der Waals surface area contributed by atoms with Crippen molar-refractivity contribution in [2.24, 2.45) is 0 Å². The molecule has 0 spiro atoms. The van der Waals surface area contributed by atoms with Crippen LogP contribution in [0.1, 0.15) is 18.4 Å². The van der Waals surface area contributed by atoms with Crippen LogP contribution in [0.2, 0.25) is 0 Å². The summed E-state index contributed by atoms with van der Waals surface area (Å²) in [5, 5.41) is 4.47. The Morgan fingerprint density at radius 2 is 1.73 bits per heavy atom. The molecular formula is C14H16N4O4. The maximum Gasteiger partial charge on any atom is 0.322 e. The zero-order valence-electron chi connectivity index (χ0n) is 11.7. The van der Waals surface area contributed by atoms with E-state index in [4.69, 9.17) is 0 Å². The predicted octanol–water partition coefficient (Wildman–Crippen LogP) is -0.635. The fraction of sp³-hybridized carbons (Fsp3) is 0.286. The van der Waals surface area contributed by atoms with Crippen molar-refractivity contribution in [1.82, 2.24) is 21.5 Å². The SMILES string of the molecule is O=C(CC[C@H]1NC(=O)NC1=O)NNC(=O)Cc1ccccc1. The number of nitrogens with one attached hydrogen (secondary N) is 4. The van der Waals surface area contributed by atoms with E-state index in [1.807, 2.05) is 30.3 Å². The van der Waals surface area contributed by atoms with Gasteiger partial charge in [0.15, 0.2) is 0 Å². The van der Waals surface area contributed by atoms with Crippen LogP contribution in [0.4, 0.5) is 4.79 Å². The average Bonchev–Trinajstić information content (AvgIpc) is 2.82. The molecule has 22 heavy (non-hydrogen) atoms. The summed E-state index contributed by atoms with van der Waals surface area (Å²) in [5.74, 6) is -1.23. The van der Waals surface area contributed by atoms with E-state index >= 15 is 0 Å². The molecular weight excluding hydrogens is 288 g/mol. The standard InChI is InChI=1S/C14H16N4O4/c19-11(7-6-10-13(21)16-14(22)15-10)17-18-12(20)8-9-4-2-1-3-5-9/h1-5,10H,6-8H2,(H,17,19)(H,18,20)(H2,15,16,21,22)/t10-/m1/s1. The third kappa shape index (κ3) is 4.58. The lowest BCUT2D eigenvalue weighted by atomic mass is 10.1. The maximum atomic E-state index is 11.6. The van der Waals surface area contributed by atoms with Crippen molar-refractivity contribution < 1.29 is 19.2 Å². The number of imide groups is 1. The molecule has 1 heterocycles. The van der Waals surface area contributed by atoms with Crippen molar-refractivity contribution in [3.63, 3.8) is 0 Å². The molecule has 0 radical (unpaired) electrons. The molecule has 0 bridgehead atoms. The molecule has 0 aliphatic carbocycles. The highest BCUT2D eigenvalue weighted by Crippen LogP contribution is 2.02. The van der Waals surface area contributed by atoms with Crippen LogP contribution < -0.4 is 21.5 Å². The van der Waals surface area contributed by atoms with Crippen molar-refractivity contribution in [3.8, 4) is 0 Å². The van der Waals surface area contributed by atoms with Crippen LogP contribution in [0.5, 0.6) is 0 Å². The summed E-state index contributed by atoms with van der Waals surface area (Å²) in [7, 11) is 0. The first-order chi connectivity index (χ1) is 10.5. The normalized spacial score (nSPS) is 16.6. The zero-order chi connectivity index (χ0) is 15.9. The summed E-state index contributed by atoms with van der Waals surface area (Å²) in [6, 6.07) is 7.83. The van der Waals surface area contributed by atoms with E-state index < -0.39 is 23.9 Å². The van der Waals surface area contributed by atoms with Gasteiger partial charge in [0.05, 0.1) is 6.42 Å². The Hall–Kier alpha value is -2.90. The summed E-state index contributed by atoms with van der Waals surface area (Å²) < 4.78 is 0. The van der Waals surface area contributed by atoms with Gasteiger partial charge in [-0.2, -0.15) is 0 Å². The number of hydrogen-bond donors (Lipinski definition) is 4. The van der Waals surface area contributed by atoms with Gasteiger partial charge < -0.3 is 5.32 Å². The number of urea groups is 1. The lowest BCUT2D eigenvalue weighted by Crippen LogP contribution is -2.43. The summed E-state index contributed by atoms with van der Waals surface area (Å²) in [6.45, 7) is 0. The van der Waals surface area contributed by atoms with Crippen LogP contribution in [-0.2, 0) is 20.8 Å². The van der Waals surface area contributed by atoms with Gasteiger partial charge in [0, 0.05) is 6.42 Å². The topological polar surface area (TPSA) is 116 Å². The molecule has 1 aliphatic rings. The van der Waals surface area contributed by atoms with Crippen LogP contribution in [0, 0.1) is 0 Å². The van der Waals surface area contributed by atoms with Gasteiger partial charge in [-0.3, -0.25) is 30.6 Å². The fourth-order valence-electron chi connectivity index (χ4n) is 1.96. The minimum atomic E-state index is -0.710. The summed E-state index contributed by atoms with van der Waals surface area (Å²) in [4.78, 5) is 45.4. The average molecular weight is 304 g/mol. The molecule has 1 aromatic carbocycles. The van der Waals surface area contributed by atoms with Crippen LogP contribution in [0.15, 0.2) is 30.3 Å². The molecule has 1 aromatic rings. The lowest BCUT2D eigenvalue weighted by Gasteiger charge is -2.09. The molecule has 0 aromatic heterocycles. The first kappa shape index (κ1) is 15.5. The van der Waals surface area contributed by atoms with Gasteiger partial charge in [0.1, 0.15) is 6.04 Å². The fourth-order valence-corrected chi connectivity index (χ4v) is 1.96. The van der Waals surface area contributed by atoms with Crippen molar-refractivity contribution >= 4 is 23.8 Å². The van der Waals surface area contributed by atoms with Gasteiger partial charge in [0.2, 0.25) is 11.8 Å². The summed E-state index contributed by atoms with van der Waals surface area (Å²) in [6.07, 6.45) is 0.324. The Morgan fingerprint density at radius 1 is 1.05 bits per heavy atom. The molecule has 5 amide bonds. The number of amides is 5. The third-order valence-corrected chi connectivity index (χ3v) is 3.07. The van der Waals surface area contributed by atoms with Crippen LogP contribution >= 0.6 is 0 Å². The Kier molecular flexibility index (Phi) is 5.07. The first-order valence-electron chi connectivity index (χ1n) is 6.77. The molecule has 4 N–H and O–H groups in total. The number of carbonyl (C=O) groups is 4. The van der Waals surface area contributed by atoms with Gasteiger partial charge in [-0.15, -0.1) is 0 Å². The maximum absolute atomic E-state index is 11.6. The second kappa shape index (κ2) is 7.21. The number of rotatable bonds is 5. The van der Waals surface area contributed by atoms with Crippen molar-refractivity contribution in [2.75, 3.05) is 0 Å². The molecule has 0 unspecified atom stereocenters. The number of carbonyl (C=O) groups excluding carboxylic acids is 4. The highest BCUT2D eigenvalue weighted by atomic mass is 16.2. The van der Waals surface area contributed by atoms with Gasteiger partial charge in [0.25, 0.3) is 5.91 Å². The molecule has 1 saturated heterocycles. The van der Waals surface area contributed by atoms with E-state index in [0.717, 1.165) is 5.56 Å².